The molecule has 3 fully saturated rings. The van der Waals surface area contributed by atoms with E-state index in [2.05, 4.69) is 13.8 Å². The lowest BCUT2D eigenvalue weighted by atomic mass is 9.37. The van der Waals surface area contributed by atoms with Crippen molar-refractivity contribution in [2.45, 2.75) is 39.5 Å². The van der Waals surface area contributed by atoms with Crippen LogP contribution in [0.3, 0.4) is 0 Å². The fourth-order valence-electron chi connectivity index (χ4n) is 2.82. The summed E-state index contributed by atoms with van der Waals surface area (Å²) in [6, 6.07) is 0. The van der Waals surface area contributed by atoms with Gasteiger partial charge < -0.3 is 0 Å². The van der Waals surface area contributed by atoms with Gasteiger partial charge in [-0.3, -0.25) is 0 Å². The van der Waals surface area contributed by atoms with Crippen LogP contribution < -0.4 is 0 Å². The lowest BCUT2D eigenvalue weighted by Gasteiger charge is -2.68. The minimum atomic E-state index is 0.874. The van der Waals surface area contributed by atoms with Gasteiger partial charge in [0.05, 0.1) is 0 Å². The summed E-state index contributed by atoms with van der Waals surface area (Å²) in [7, 11) is 0. The average molecular weight is 124 g/mol. The first-order valence-electron chi connectivity index (χ1n) is 4.28. The molecule has 0 amide bonds. The molecule has 9 heavy (non-hydrogen) atoms. The molecule has 0 heteroatoms. The van der Waals surface area contributed by atoms with Crippen molar-refractivity contribution in [3.63, 3.8) is 0 Å². The first-order valence-corrected chi connectivity index (χ1v) is 4.28. The predicted octanol–water partition coefficient (Wildman–Crippen LogP) is 2.83. The zero-order valence-electron chi connectivity index (χ0n) is 6.48. The first kappa shape index (κ1) is 5.76. The van der Waals surface area contributed by atoms with E-state index in [0.29, 0.717) is 0 Å². The van der Waals surface area contributed by atoms with E-state index in [1.54, 1.807) is 12.8 Å². The molecule has 0 aromatic carbocycles. The highest BCUT2D eigenvalue weighted by Gasteiger charge is 2.61. The number of hydrogen-bond donors (Lipinski definition) is 0. The van der Waals surface area contributed by atoms with Crippen molar-refractivity contribution in [1.29, 1.82) is 0 Å². The lowest BCUT2D eigenvalue weighted by Crippen LogP contribution is -2.59. The second-order valence-electron chi connectivity index (χ2n) is 4.07. The molecular formula is C9H16. The molecule has 1 unspecified atom stereocenters. The lowest BCUT2D eigenvalue weighted by molar-refractivity contribution is -0.185. The van der Waals surface area contributed by atoms with E-state index in [1.165, 1.54) is 12.8 Å². The van der Waals surface area contributed by atoms with Gasteiger partial charge in [-0.15, -0.1) is 0 Å². The van der Waals surface area contributed by atoms with Crippen LogP contribution in [-0.2, 0) is 0 Å². The van der Waals surface area contributed by atoms with Gasteiger partial charge in [0.15, 0.2) is 0 Å². The van der Waals surface area contributed by atoms with Crippen molar-refractivity contribution in [2.24, 2.45) is 17.3 Å². The van der Waals surface area contributed by atoms with Crippen molar-refractivity contribution in [2.75, 3.05) is 0 Å². The number of rotatable bonds is 2. The smallest absolute Gasteiger partial charge is 0.0264 e. The Morgan fingerprint density at radius 1 is 1.44 bits per heavy atom. The second-order valence-corrected chi connectivity index (χ2v) is 4.07. The molecule has 1 atom stereocenters. The summed E-state index contributed by atoms with van der Waals surface area (Å²) >= 11 is 0. The molecule has 2 bridgehead atoms. The highest BCUT2D eigenvalue weighted by atomic mass is 14.7. The quantitative estimate of drug-likeness (QED) is 0.531. The Kier molecular flexibility index (Phi) is 0.980. The normalized spacial score (nSPS) is 54.0. The highest BCUT2D eigenvalue weighted by Crippen LogP contribution is 2.70. The molecule has 0 aromatic heterocycles. The summed E-state index contributed by atoms with van der Waals surface area (Å²) in [6.07, 6.45) is 6.05. The Bertz CT molecular complexity index is 120. The Morgan fingerprint density at radius 3 is 2.22 bits per heavy atom. The summed E-state index contributed by atoms with van der Waals surface area (Å²) in [5.74, 6) is 2.24. The third-order valence-electron chi connectivity index (χ3n) is 3.76. The van der Waals surface area contributed by atoms with Crippen LogP contribution in [0.2, 0.25) is 0 Å². The van der Waals surface area contributed by atoms with Gasteiger partial charge in [-0.2, -0.15) is 0 Å². The zero-order chi connectivity index (χ0) is 6.48. The molecule has 0 aromatic rings. The molecular weight excluding hydrogens is 108 g/mol. The van der Waals surface area contributed by atoms with Crippen LogP contribution in [0.5, 0.6) is 0 Å². The van der Waals surface area contributed by atoms with E-state index in [9.17, 15) is 0 Å². The van der Waals surface area contributed by atoms with E-state index in [1.807, 2.05) is 0 Å². The monoisotopic (exact) mass is 124 g/mol. The van der Waals surface area contributed by atoms with Crippen LogP contribution in [0.25, 0.3) is 0 Å². The third-order valence-corrected chi connectivity index (χ3v) is 3.76. The number of hydrogen-bond acceptors (Lipinski definition) is 0. The topological polar surface area (TPSA) is 0 Å². The van der Waals surface area contributed by atoms with E-state index < -0.39 is 0 Å². The van der Waals surface area contributed by atoms with Gasteiger partial charge in [0, 0.05) is 0 Å². The molecule has 0 spiro atoms. The highest BCUT2D eigenvalue weighted by molar-refractivity contribution is 5.11. The average Bonchev–Trinajstić information content (AvgIpc) is 1.79. The summed E-state index contributed by atoms with van der Waals surface area (Å²) in [5, 5.41) is 0. The van der Waals surface area contributed by atoms with Crippen molar-refractivity contribution >= 4 is 0 Å². The van der Waals surface area contributed by atoms with Crippen LogP contribution in [0.1, 0.15) is 39.5 Å². The van der Waals surface area contributed by atoms with Gasteiger partial charge >= 0.3 is 0 Å². The summed E-state index contributed by atoms with van der Waals surface area (Å²) in [5.41, 5.74) is 0.874. The maximum atomic E-state index is 2.44. The summed E-state index contributed by atoms with van der Waals surface area (Å²) in [4.78, 5) is 0. The standard InChI is InChI=1S/C9H16/c1-3-4-9-5-8(6-9)7(9)2/h7-8H,3-6H2,1-2H3. The van der Waals surface area contributed by atoms with Gasteiger partial charge in [-0.25, -0.2) is 0 Å². The van der Waals surface area contributed by atoms with E-state index in [4.69, 9.17) is 0 Å². The molecule has 0 aliphatic heterocycles. The molecule has 0 radical (unpaired) electrons. The largest absolute Gasteiger partial charge is 0.0654 e. The van der Waals surface area contributed by atoms with E-state index >= 15 is 0 Å². The maximum absolute atomic E-state index is 2.44. The van der Waals surface area contributed by atoms with Crippen LogP contribution in [0.15, 0.2) is 0 Å². The SMILES string of the molecule is CCCC12CC(C1)C2C. The van der Waals surface area contributed by atoms with E-state index in [0.717, 1.165) is 17.3 Å². The Labute approximate surface area is 57.6 Å². The Morgan fingerprint density at radius 2 is 2.11 bits per heavy atom. The van der Waals surface area contributed by atoms with Gasteiger partial charge in [-0.1, -0.05) is 20.3 Å². The Balaban J connectivity index is 1.94. The molecule has 3 rings (SSSR count). The van der Waals surface area contributed by atoms with E-state index in [-0.39, 0.29) is 0 Å². The van der Waals surface area contributed by atoms with Crippen LogP contribution in [0, 0.1) is 17.3 Å². The fourth-order valence-corrected chi connectivity index (χ4v) is 2.82. The first-order chi connectivity index (χ1) is 4.28. The summed E-state index contributed by atoms with van der Waals surface area (Å²) in [6.45, 7) is 4.75. The molecule has 3 saturated carbocycles. The molecule has 0 N–H and O–H groups in total. The third kappa shape index (κ3) is 0.500. The molecule has 52 valence electrons. The molecule has 0 nitrogen and oxygen atoms in total. The van der Waals surface area contributed by atoms with Crippen molar-refractivity contribution < 1.29 is 0 Å². The molecule has 0 heterocycles. The molecule has 3 aliphatic carbocycles. The minimum Gasteiger partial charge on any atom is -0.0654 e. The van der Waals surface area contributed by atoms with Crippen molar-refractivity contribution in [3.8, 4) is 0 Å². The van der Waals surface area contributed by atoms with Crippen molar-refractivity contribution in [3.05, 3.63) is 0 Å². The van der Waals surface area contributed by atoms with Crippen LogP contribution in [0.4, 0.5) is 0 Å². The van der Waals surface area contributed by atoms with Crippen molar-refractivity contribution in [1.82, 2.24) is 0 Å². The van der Waals surface area contributed by atoms with Gasteiger partial charge in [0.25, 0.3) is 0 Å². The van der Waals surface area contributed by atoms with Gasteiger partial charge in [0.1, 0.15) is 0 Å². The second kappa shape index (κ2) is 1.53. The van der Waals surface area contributed by atoms with Crippen LogP contribution >= 0.6 is 0 Å². The Hall–Kier alpha value is 0. The minimum absolute atomic E-state index is 0.874. The van der Waals surface area contributed by atoms with Gasteiger partial charge in [0.2, 0.25) is 0 Å². The summed E-state index contributed by atoms with van der Waals surface area (Å²) < 4.78 is 0. The fraction of sp³-hybridized carbons (Fsp3) is 1.00. The predicted molar refractivity (Wildman–Crippen MR) is 39.2 cm³/mol. The van der Waals surface area contributed by atoms with Crippen LogP contribution in [-0.4, -0.2) is 0 Å². The maximum Gasteiger partial charge on any atom is -0.0264 e. The molecule has 3 aliphatic rings. The molecule has 0 saturated heterocycles. The zero-order valence-corrected chi connectivity index (χ0v) is 6.48. The van der Waals surface area contributed by atoms with Gasteiger partial charge in [-0.05, 0) is 36.5 Å².